The minimum Gasteiger partial charge on any atom is -0.349 e. The summed E-state index contributed by atoms with van der Waals surface area (Å²) in [6, 6.07) is 20.2. The van der Waals surface area contributed by atoms with Crippen molar-refractivity contribution in [2.75, 3.05) is 5.75 Å². The van der Waals surface area contributed by atoms with Gasteiger partial charge in [-0.1, -0.05) is 61.2 Å². The van der Waals surface area contributed by atoms with Crippen LogP contribution in [0.3, 0.4) is 0 Å². The summed E-state index contributed by atoms with van der Waals surface area (Å²) >= 11 is 1.37. The van der Waals surface area contributed by atoms with E-state index in [1.807, 2.05) is 41.8 Å². The molecule has 2 aromatic carbocycles. The van der Waals surface area contributed by atoms with Crippen molar-refractivity contribution in [2.45, 2.75) is 38.4 Å². The molecule has 33 heavy (non-hydrogen) atoms. The number of amides is 1. The molecule has 168 valence electrons. The van der Waals surface area contributed by atoms with Crippen LogP contribution >= 0.6 is 11.8 Å². The molecule has 0 aliphatic heterocycles. The Morgan fingerprint density at radius 3 is 2.55 bits per heavy atom. The first-order valence-corrected chi connectivity index (χ1v) is 12.0. The number of aromatic nitrogens is 4. The highest BCUT2D eigenvalue weighted by atomic mass is 32.2. The third-order valence-electron chi connectivity index (χ3n) is 5.51. The van der Waals surface area contributed by atoms with Gasteiger partial charge >= 0.3 is 0 Å². The van der Waals surface area contributed by atoms with Gasteiger partial charge in [-0.15, -0.1) is 10.2 Å². The van der Waals surface area contributed by atoms with Crippen molar-refractivity contribution in [3.05, 3.63) is 89.7 Å². The van der Waals surface area contributed by atoms with Crippen LogP contribution in [-0.4, -0.2) is 31.4 Å². The van der Waals surface area contributed by atoms with Crippen LogP contribution in [0.5, 0.6) is 0 Å². The van der Waals surface area contributed by atoms with Crippen LogP contribution in [0.4, 0.5) is 0 Å². The topological polar surface area (TPSA) is 72.7 Å². The van der Waals surface area contributed by atoms with E-state index in [2.05, 4.69) is 64.7 Å². The lowest BCUT2D eigenvalue weighted by Gasteiger charge is -2.15. The predicted octanol–water partition coefficient (Wildman–Crippen LogP) is 5.17. The fourth-order valence-corrected chi connectivity index (χ4v) is 4.37. The summed E-state index contributed by atoms with van der Waals surface area (Å²) in [4.78, 5) is 16.9. The van der Waals surface area contributed by atoms with Gasteiger partial charge in [-0.25, -0.2) is 0 Å². The fourth-order valence-electron chi connectivity index (χ4n) is 3.62. The molecule has 2 heterocycles. The summed E-state index contributed by atoms with van der Waals surface area (Å²) < 4.78 is 2.00. The maximum absolute atomic E-state index is 12.7. The van der Waals surface area contributed by atoms with Gasteiger partial charge in [0, 0.05) is 18.0 Å². The molecule has 1 atom stereocenters. The summed E-state index contributed by atoms with van der Waals surface area (Å²) in [5.74, 6) is 0.896. The zero-order valence-corrected chi connectivity index (χ0v) is 19.8. The van der Waals surface area contributed by atoms with Crippen molar-refractivity contribution in [3.8, 4) is 17.1 Å². The van der Waals surface area contributed by atoms with Crippen LogP contribution in [0.15, 0.2) is 78.2 Å². The molecule has 0 saturated heterocycles. The Morgan fingerprint density at radius 1 is 1.06 bits per heavy atom. The van der Waals surface area contributed by atoms with Gasteiger partial charge in [-0.05, 0) is 55.2 Å². The average Bonchev–Trinajstić information content (AvgIpc) is 3.27. The van der Waals surface area contributed by atoms with Crippen molar-refractivity contribution in [1.29, 1.82) is 0 Å². The molecule has 0 aliphatic carbocycles. The number of hydrogen-bond donors (Lipinski definition) is 1. The van der Waals surface area contributed by atoms with Crippen molar-refractivity contribution in [1.82, 2.24) is 25.1 Å². The van der Waals surface area contributed by atoms with Crippen LogP contribution in [0.25, 0.3) is 17.1 Å². The third-order valence-corrected chi connectivity index (χ3v) is 6.44. The molecule has 0 fully saturated rings. The molecular weight excluding hydrogens is 430 g/mol. The Kier molecular flexibility index (Phi) is 7.19. The maximum atomic E-state index is 12.7. The molecule has 0 radical (unpaired) electrons. The second-order valence-corrected chi connectivity index (χ2v) is 8.79. The van der Waals surface area contributed by atoms with Gasteiger partial charge in [-0.2, -0.15) is 0 Å². The molecule has 7 heteroatoms. The van der Waals surface area contributed by atoms with E-state index in [1.54, 1.807) is 12.4 Å². The van der Waals surface area contributed by atoms with E-state index in [0.717, 1.165) is 28.8 Å². The van der Waals surface area contributed by atoms with Gasteiger partial charge in [0.05, 0.1) is 17.5 Å². The zero-order chi connectivity index (χ0) is 23.2. The van der Waals surface area contributed by atoms with Crippen LogP contribution in [0.1, 0.15) is 36.6 Å². The van der Waals surface area contributed by atoms with Crippen molar-refractivity contribution in [2.24, 2.45) is 0 Å². The second-order valence-electron chi connectivity index (χ2n) is 7.84. The molecule has 1 amide bonds. The van der Waals surface area contributed by atoms with Gasteiger partial charge in [0.2, 0.25) is 5.91 Å². The lowest BCUT2D eigenvalue weighted by Crippen LogP contribution is -2.28. The van der Waals surface area contributed by atoms with Crippen LogP contribution in [0.2, 0.25) is 0 Å². The molecule has 1 N–H and O–H groups in total. The van der Waals surface area contributed by atoms with E-state index in [0.29, 0.717) is 11.0 Å². The highest BCUT2D eigenvalue weighted by Crippen LogP contribution is 2.29. The number of pyridine rings is 1. The normalized spacial score (nSPS) is 11.8. The molecule has 2 aromatic heterocycles. The minimum absolute atomic E-state index is 0.0469. The lowest BCUT2D eigenvalue weighted by molar-refractivity contribution is -0.119. The summed E-state index contributed by atoms with van der Waals surface area (Å²) in [6.07, 6.45) is 4.50. The first-order valence-electron chi connectivity index (χ1n) is 11.0. The predicted molar refractivity (Wildman–Crippen MR) is 132 cm³/mol. The van der Waals surface area contributed by atoms with Gasteiger partial charge < -0.3 is 5.32 Å². The van der Waals surface area contributed by atoms with E-state index < -0.39 is 0 Å². The molecule has 4 aromatic rings. The zero-order valence-electron chi connectivity index (χ0n) is 19.0. The molecule has 0 spiro atoms. The SMILES string of the molecule is CCc1ccc(C(C)NC(=O)CSc2nnc(-c3cccnc3)n2-c2ccccc2C)cc1. The Labute approximate surface area is 198 Å². The Bertz CT molecular complexity index is 1220. The Balaban J connectivity index is 1.52. The highest BCUT2D eigenvalue weighted by Gasteiger charge is 2.19. The first-order chi connectivity index (χ1) is 16.1. The van der Waals surface area contributed by atoms with Gasteiger partial charge in [0.1, 0.15) is 0 Å². The number of nitrogens with zero attached hydrogens (tertiary/aromatic N) is 4. The van der Waals surface area contributed by atoms with Crippen LogP contribution < -0.4 is 5.32 Å². The number of carbonyl (C=O) groups is 1. The maximum Gasteiger partial charge on any atom is 0.230 e. The van der Waals surface area contributed by atoms with E-state index in [9.17, 15) is 4.79 Å². The second kappa shape index (κ2) is 10.4. The monoisotopic (exact) mass is 457 g/mol. The Morgan fingerprint density at radius 2 is 1.85 bits per heavy atom. The molecular formula is C26H27N5OS. The molecule has 0 saturated carbocycles. The lowest BCUT2D eigenvalue weighted by atomic mass is 10.1. The molecule has 1 unspecified atom stereocenters. The van der Waals surface area contributed by atoms with E-state index in [4.69, 9.17) is 0 Å². The number of rotatable bonds is 8. The number of thioether (sulfide) groups is 1. The van der Waals surface area contributed by atoms with E-state index >= 15 is 0 Å². The smallest absolute Gasteiger partial charge is 0.230 e. The number of nitrogens with one attached hydrogen (secondary N) is 1. The highest BCUT2D eigenvalue weighted by molar-refractivity contribution is 7.99. The van der Waals surface area contributed by atoms with Gasteiger partial charge in [-0.3, -0.25) is 14.3 Å². The first kappa shape index (κ1) is 22.7. The van der Waals surface area contributed by atoms with Crippen molar-refractivity contribution >= 4 is 17.7 Å². The Hall–Kier alpha value is -3.45. The van der Waals surface area contributed by atoms with Crippen molar-refractivity contribution < 1.29 is 4.79 Å². The number of carbonyl (C=O) groups excluding carboxylic acids is 1. The van der Waals surface area contributed by atoms with Gasteiger partial charge in [0.15, 0.2) is 11.0 Å². The quantitative estimate of drug-likeness (QED) is 0.370. The van der Waals surface area contributed by atoms with Crippen LogP contribution in [0, 0.1) is 6.92 Å². The molecule has 4 rings (SSSR count). The number of benzene rings is 2. The van der Waals surface area contributed by atoms with E-state index in [1.165, 1.54) is 17.3 Å². The minimum atomic E-state index is -0.0656. The van der Waals surface area contributed by atoms with Crippen molar-refractivity contribution in [3.63, 3.8) is 0 Å². The summed E-state index contributed by atoms with van der Waals surface area (Å²) in [5.41, 5.74) is 5.32. The molecule has 6 nitrogen and oxygen atoms in total. The van der Waals surface area contributed by atoms with Gasteiger partial charge in [0.25, 0.3) is 0 Å². The number of aryl methyl sites for hydroxylation is 2. The molecule has 0 bridgehead atoms. The summed E-state index contributed by atoms with van der Waals surface area (Å²) in [7, 11) is 0. The number of para-hydroxylation sites is 1. The summed E-state index contributed by atoms with van der Waals surface area (Å²) in [5, 5.41) is 12.6. The average molecular weight is 458 g/mol. The summed E-state index contributed by atoms with van der Waals surface area (Å²) in [6.45, 7) is 6.18. The molecule has 0 aliphatic rings. The van der Waals surface area contributed by atoms with Crippen LogP contribution in [-0.2, 0) is 11.2 Å². The largest absolute Gasteiger partial charge is 0.349 e. The fraction of sp³-hybridized carbons (Fsp3) is 0.231. The third kappa shape index (κ3) is 5.31. The van der Waals surface area contributed by atoms with E-state index in [-0.39, 0.29) is 17.7 Å². The number of hydrogen-bond acceptors (Lipinski definition) is 5. The standard InChI is InChI=1S/C26H27N5OS/c1-4-20-11-13-21(14-12-20)19(3)28-24(32)17-33-26-30-29-25(22-9-7-15-27-16-22)31(26)23-10-6-5-8-18(23)2/h5-16,19H,4,17H2,1-3H3,(H,28,32).